The van der Waals surface area contributed by atoms with Gasteiger partial charge in [0.1, 0.15) is 6.54 Å². The molecule has 4 rings (SSSR count). The van der Waals surface area contributed by atoms with Crippen molar-refractivity contribution in [2.75, 3.05) is 24.5 Å². The molecule has 0 saturated carbocycles. The number of hydrogen-bond donors (Lipinski definition) is 0. The molecule has 0 unspecified atom stereocenters. The molecule has 2 heterocycles. The van der Waals surface area contributed by atoms with Crippen molar-refractivity contribution in [3.8, 4) is 0 Å². The van der Waals surface area contributed by atoms with Gasteiger partial charge in [-0.05, 0) is 48.7 Å². The molecule has 1 amide bonds. The van der Waals surface area contributed by atoms with E-state index in [0.29, 0.717) is 37.0 Å². The molecule has 2 aromatic carbocycles. The first kappa shape index (κ1) is 22.2. The summed E-state index contributed by atoms with van der Waals surface area (Å²) < 4.78 is 28.8. The summed E-state index contributed by atoms with van der Waals surface area (Å²) in [6, 6.07) is 12.1. The summed E-state index contributed by atoms with van der Waals surface area (Å²) in [6.45, 7) is 4.97. The summed E-state index contributed by atoms with van der Waals surface area (Å²) in [4.78, 5) is 27.2. The van der Waals surface area contributed by atoms with Crippen LogP contribution in [0.25, 0.3) is 10.9 Å². The Morgan fingerprint density at radius 1 is 1.12 bits per heavy atom. The Kier molecular flexibility index (Phi) is 6.12. The number of carbonyl (C=O) groups excluding carboxylic acids is 1. The molecular formula is C23H26N4O4S. The summed E-state index contributed by atoms with van der Waals surface area (Å²) in [6.07, 6.45) is 2.68. The fraction of sp³-hybridized carbons (Fsp3) is 0.348. The van der Waals surface area contributed by atoms with Crippen molar-refractivity contribution >= 4 is 32.5 Å². The summed E-state index contributed by atoms with van der Waals surface area (Å²) >= 11 is 0. The van der Waals surface area contributed by atoms with Crippen LogP contribution in [0.5, 0.6) is 0 Å². The number of nitrogens with zero attached hydrogens (tertiary/aromatic N) is 4. The Balaban J connectivity index is 1.65. The zero-order chi connectivity index (χ0) is 22.9. The minimum Gasteiger partial charge on any atom is -0.311 e. The smallest absolute Gasteiger partial charge is 0.248 e. The lowest BCUT2D eigenvalue weighted by molar-refractivity contribution is -0.119. The number of anilines is 1. The van der Waals surface area contributed by atoms with Gasteiger partial charge in [0, 0.05) is 30.7 Å². The predicted octanol–water partition coefficient (Wildman–Crippen LogP) is 2.41. The van der Waals surface area contributed by atoms with Gasteiger partial charge in [-0.1, -0.05) is 26.0 Å². The van der Waals surface area contributed by atoms with Crippen molar-refractivity contribution in [2.24, 2.45) is 0 Å². The summed E-state index contributed by atoms with van der Waals surface area (Å²) in [5.41, 5.74) is 1.99. The van der Waals surface area contributed by atoms with E-state index in [4.69, 9.17) is 0 Å². The minimum absolute atomic E-state index is 0.0142. The van der Waals surface area contributed by atoms with Crippen molar-refractivity contribution in [1.82, 2.24) is 14.1 Å². The Hall–Kier alpha value is -3.04. The fourth-order valence-electron chi connectivity index (χ4n) is 4.21. The number of para-hydroxylation sites is 1. The van der Waals surface area contributed by atoms with Gasteiger partial charge in [0.2, 0.25) is 21.4 Å². The quantitative estimate of drug-likeness (QED) is 0.570. The maximum absolute atomic E-state index is 13.2. The zero-order valence-electron chi connectivity index (χ0n) is 18.2. The van der Waals surface area contributed by atoms with Crippen LogP contribution in [-0.2, 0) is 27.8 Å². The van der Waals surface area contributed by atoms with E-state index in [1.54, 1.807) is 47.4 Å². The number of amides is 1. The zero-order valence-corrected chi connectivity index (χ0v) is 19.0. The molecule has 0 atom stereocenters. The van der Waals surface area contributed by atoms with Crippen molar-refractivity contribution in [3.63, 3.8) is 0 Å². The summed E-state index contributed by atoms with van der Waals surface area (Å²) in [5.74, 6) is -0.161. The SMILES string of the molecule is CCN(CC)S(=O)(=O)c1ccc2c(c1)CCCN2C(=O)Cn1ncc(=O)c2ccccc21. The minimum atomic E-state index is -3.56. The highest BCUT2D eigenvalue weighted by atomic mass is 32.2. The Bertz CT molecular complexity index is 1330. The van der Waals surface area contributed by atoms with Crippen molar-refractivity contribution in [1.29, 1.82) is 0 Å². The number of aryl methyl sites for hydroxylation is 1. The molecule has 32 heavy (non-hydrogen) atoms. The fourth-order valence-corrected chi connectivity index (χ4v) is 5.72. The first-order valence-electron chi connectivity index (χ1n) is 10.7. The van der Waals surface area contributed by atoms with E-state index in [1.165, 1.54) is 15.2 Å². The van der Waals surface area contributed by atoms with Gasteiger partial charge in [0.25, 0.3) is 0 Å². The average Bonchev–Trinajstić information content (AvgIpc) is 2.81. The lowest BCUT2D eigenvalue weighted by Crippen LogP contribution is -2.38. The van der Waals surface area contributed by atoms with E-state index in [1.807, 2.05) is 13.8 Å². The number of carbonyl (C=O) groups is 1. The number of aromatic nitrogens is 2. The molecule has 0 spiro atoms. The molecule has 168 valence electrons. The van der Waals surface area contributed by atoms with Gasteiger partial charge >= 0.3 is 0 Å². The lowest BCUT2D eigenvalue weighted by atomic mass is 10.0. The number of rotatable bonds is 6. The first-order valence-corrected chi connectivity index (χ1v) is 12.2. The van der Waals surface area contributed by atoms with E-state index < -0.39 is 10.0 Å². The maximum atomic E-state index is 13.2. The number of benzene rings is 2. The topological polar surface area (TPSA) is 92.6 Å². The molecule has 1 aromatic heterocycles. The molecule has 8 nitrogen and oxygen atoms in total. The van der Waals surface area contributed by atoms with Crippen molar-refractivity contribution in [2.45, 2.75) is 38.1 Å². The third-order valence-electron chi connectivity index (χ3n) is 5.86. The summed E-state index contributed by atoms with van der Waals surface area (Å²) in [5, 5.41) is 4.67. The van der Waals surface area contributed by atoms with Gasteiger partial charge in [-0.15, -0.1) is 0 Å². The van der Waals surface area contributed by atoms with Crippen LogP contribution in [0.2, 0.25) is 0 Å². The van der Waals surface area contributed by atoms with Gasteiger partial charge in [0.15, 0.2) is 0 Å². The molecular weight excluding hydrogens is 428 g/mol. The van der Waals surface area contributed by atoms with Gasteiger partial charge in [-0.3, -0.25) is 14.3 Å². The van der Waals surface area contributed by atoms with Crippen LogP contribution in [0, 0.1) is 0 Å². The van der Waals surface area contributed by atoms with Gasteiger partial charge < -0.3 is 4.90 Å². The van der Waals surface area contributed by atoms with Crippen LogP contribution in [0.4, 0.5) is 5.69 Å². The number of sulfonamides is 1. The Labute approximate surface area is 187 Å². The van der Waals surface area contributed by atoms with Crippen LogP contribution in [0.3, 0.4) is 0 Å². The molecule has 0 fully saturated rings. The largest absolute Gasteiger partial charge is 0.311 e. The van der Waals surface area contributed by atoms with Gasteiger partial charge in [-0.2, -0.15) is 9.40 Å². The van der Waals surface area contributed by atoms with E-state index in [-0.39, 0.29) is 22.8 Å². The van der Waals surface area contributed by atoms with Crippen LogP contribution in [0.1, 0.15) is 25.8 Å². The average molecular weight is 455 g/mol. The molecule has 0 bridgehead atoms. The predicted molar refractivity (Wildman–Crippen MR) is 123 cm³/mol. The highest BCUT2D eigenvalue weighted by Gasteiger charge is 2.27. The molecule has 3 aromatic rings. The molecule has 9 heteroatoms. The number of hydrogen-bond acceptors (Lipinski definition) is 5. The summed E-state index contributed by atoms with van der Waals surface area (Å²) in [7, 11) is -3.56. The van der Waals surface area contributed by atoms with E-state index in [9.17, 15) is 18.0 Å². The lowest BCUT2D eigenvalue weighted by Gasteiger charge is -2.30. The molecule has 1 aliphatic rings. The first-order chi connectivity index (χ1) is 15.4. The Morgan fingerprint density at radius 2 is 1.88 bits per heavy atom. The van der Waals surface area contributed by atoms with Crippen LogP contribution >= 0.6 is 0 Å². The van der Waals surface area contributed by atoms with Gasteiger partial charge in [-0.25, -0.2) is 8.42 Å². The third-order valence-corrected chi connectivity index (χ3v) is 7.91. The second-order valence-corrected chi connectivity index (χ2v) is 9.65. The highest BCUT2D eigenvalue weighted by molar-refractivity contribution is 7.89. The van der Waals surface area contributed by atoms with Crippen molar-refractivity contribution < 1.29 is 13.2 Å². The molecule has 0 radical (unpaired) electrons. The molecule has 1 aliphatic heterocycles. The van der Waals surface area contributed by atoms with Crippen LogP contribution in [0.15, 0.2) is 58.4 Å². The third kappa shape index (κ3) is 3.93. The standard InChI is InChI=1S/C23H26N4O4S/c1-3-25(4-2)32(30,31)18-11-12-20-17(14-18)8-7-13-26(20)23(29)16-27-21-10-6-5-9-19(21)22(28)15-24-27/h5-6,9-12,14-15H,3-4,7-8,13,16H2,1-2H3. The molecule has 0 N–H and O–H groups in total. The second-order valence-electron chi connectivity index (χ2n) is 7.71. The van der Waals surface area contributed by atoms with Crippen LogP contribution < -0.4 is 10.3 Å². The highest BCUT2D eigenvalue weighted by Crippen LogP contribution is 2.30. The Morgan fingerprint density at radius 3 is 2.62 bits per heavy atom. The molecule has 0 saturated heterocycles. The maximum Gasteiger partial charge on any atom is 0.248 e. The second kappa shape index (κ2) is 8.84. The van der Waals surface area contributed by atoms with E-state index in [0.717, 1.165) is 17.7 Å². The van der Waals surface area contributed by atoms with Crippen molar-refractivity contribution in [3.05, 3.63) is 64.4 Å². The number of fused-ring (bicyclic) bond motifs is 2. The van der Waals surface area contributed by atoms with E-state index >= 15 is 0 Å². The van der Waals surface area contributed by atoms with Crippen LogP contribution in [-0.4, -0.2) is 48.0 Å². The normalized spacial score (nSPS) is 14.0. The van der Waals surface area contributed by atoms with Gasteiger partial charge in [0.05, 0.1) is 16.6 Å². The monoisotopic (exact) mass is 454 g/mol. The molecule has 0 aliphatic carbocycles. The van der Waals surface area contributed by atoms with E-state index in [2.05, 4.69) is 5.10 Å².